The summed E-state index contributed by atoms with van der Waals surface area (Å²) in [4.78, 5) is 32.6. The fraction of sp³-hybridized carbons (Fsp3) is 0.714. The van der Waals surface area contributed by atoms with E-state index in [0.29, 0.717) is 18.4 Å². The number of benzene rings is 1. The highest BCUT2D eigenvalue weighted by atomic mass is 127. The standard InChI is InChI=1S/C28H39IN4O2/c1-19-3-5-20(6-4-19)27(11-12-27)31-24(34)23-21-7-8-22(26(21)9-10-26)28(23,29)25(35)30-13-14-33-17-15-32(2)16-18-33/h3-6,21-23H,7-18H2,1-2H3,(H,30,35)(H,31,34). The van der Waals surface area contributed by atoms with Crippen LogP contribution in [0.3, 0.4) is 0 Å². The smallest absolute Gasteiger partial charge is 0.237 e. The van der Waals surface area contributed by atoms with Crippen molar-refractivity contribution in [3.63, 3.8) is 0 Å². The first-order valence-corrected chi connectivity index (χ1v) is 14.6. The Hall–Kier alpha value is -1.19. The lowest BCUT2D eigenvalue weighted by Crippen LogP contribution is -2.57. The molecule has 6 nitrogen and oxygen atoms in total. The highest BCUT2D eigenvalue weighted by Crippen LogP contribution is 2.77. The van der Waals surface area contributed by atoms with E-state index in [9.17, 15) is 9.59 Å². The molecule has 1 aromatic carbocycles. The first-order valence-electron chi connectivity index (χ1n) is 13.6. The van der Waals surface area contributed by atoms with Gasteiger partial charge in [0.25, 0.3) is 0 Å². The zero-order valence-electron chi connectivity index (χ0n) is 21.1. The van der Waals surface area contributed by atoms with Crippen molar-refractivity contribution < 1.29 is 9.59 Å². The number of halogens is 1. The minimum Gasteiger partial charge on any atom is -0.354 e. The fourth-order valence-electron chi connectivity index (χ4n) is 7.68. The van der Waals surface area contributed by atoms with E-state index in [1.54, 1.807) is 0 Å². The number of piperazine rings is 1. The summed E-state index contributed by atoms with van der Waals surface area (Å²) in [5, 5.41) is 6.77. The summed E-state index contributed by atoms with van der Waals surface area (Å²) in [5.41, 5.74) is 2.44. The second-order valence-electron chi connectivity index (χ2n) is 12.1. The Balaban J connectivity index is 1.17. The van der Waals surface area contributed by atoms with E-state index in [0.717, 1.165) is 58.4 Å². The van der Waals surface area contributed by atoms with Gasteiger partial charge in [0.15, 0.2) is 0 Å². The van der Waals surface area contributed by atoms with Crippen molar-refractivity contribution in [1.82, 2.24) is 20.4 Å². The number of hydrogen-bond donors (Lipinski definition) is 2. The van der Waals surface area contributed by atoms with E-state index < -0.39 is 3.42 Å². The fourth-order valence-corrected chi connectivity index (χ4v) is 9.52. The Morgan fingerprint density at radius 1 is 1.03 bits per heavy atom. The second kappa shape index (κ2) is 8.69. The van der Waals surface area contributed by atoms with E-state index in [4.69, 9.17) is 0 Å². The molecule has 1 aromatic rings. The van der Waals surface area contributed by atoms with Gasteiger partial charge in [-0.15, -0.1) is 0 Å². The molecule has 4 aliphatic carbocycles. The first-order chi connectivity index (χ1) is 16.8. The van der Waals surface area contributed by atoms with Crippen LogP contribution < -0.4 is 10.6 Å². The molecule has 4 unspecified atom stereocenters. The second-order valence-corrected chi connectivity index (χ2v) is 13.8. The Labute approximate surface area is 223 Å². The molecule has 7 heteroatoms. The van der Waals surface area contributed by atoms with Crippen molar-refractivity contribution in [2.75, 3.05) is 46.3 Å². The molecule has 2 N–H and O–H groups in total. The van der Waals surface area contributed by atoms with E-state index in [1.165, 1.54) is 24.0 Å². The highest BCUT2D eigenvalue weighted by Gasteiger charge is 2.77. The van der Waals surface area contributed by atoms with Gasteiger partial charge >= 0.3 is 0 Å². The van der Waals surface area contributed by atoms with E-state index >= 15 is 0 Å². The average Bonchev–Trinajstić information content (AvgIpc) is 3.74. The molecular weight excluding hydrogens is 551 g/mol. The van der Waals surface area contributed by atoms with Crippen LogP contribution in [0.1, 0.15) is 49.7 Å². The number of nitrogens with one attached hydrogen (secondary N) is 2. The molecule has 1 saturated heterocycles. The zero-order valence-corrected chi connectivity index (χ0v) is 23.3. The molecule has 0 aromatic heterocycles. The number of rotatable bonds is 7. The molecule has 4 saturated carbocycles. The summed E-state index contributed by atoms with van der Waals surface area (Å²) in [6.07, 6.45) is 6.54. The highest BCUT2D eigenvalue weighted by molar-refractivity contribution is 14.1. The van der Waals surface area contributed by atoms with Gasteiger partial charge in [0, 0.05) is 39.3 Å². The molecule has 1 heterocycles. The van der Waals surface area contributed by atoms with Gasteiger partial charge in [0.05, 0.1) is 11.5 Å². The molecular formula is C28H39IN4O2. The first kappa shape index (κ1) is 24.2. The topological polar surface area (TPSA) is 64.7 Å². The SMILES string of the molecule is Cc1ccc(C2(NC(=O)C3C4CCC(C45CC5)C3(I)C(=O)NCCN3CCN(C)CC3)CC2)cc1. The predicted molar refractivity (Wildman–Crippen MR) is 145 cm³/mol. The molecule has 0 radical (unpaired) electrons. The predicted octanol–water partition coefficient (Wildman–Crippen LogP) is 3.07. The summed E-state index contributed by atoms with van der Waals surface area (Å²) in [7, 11) is 2.16. The summed E-state index contributed by atoms with van der Waals surface area (Å²) in [6.45, 7) is 7.93. The zero-order chi connectivity index (χ0) is 24.4. The maximum atomic E-state index is 14.0. The third kappa shape index (κ3) is 3.95. The van der Waals surface area contributed by atoms with Gasteiger partial charge in [-0.2, -0.15) is 0 Å². The molecule has 190 valence electrons. The molecule has 6 rings (SSSR count). The molecule has 1 spiro atoms. The number of aryl methyl sites for hydroxylation is 1. The Kier molecular flexibility index (Phi) is 6.00. The molecule has 35 heavy (non-hydrogen) atoms. The number of likely N-dealkylation sites (N-methyl/N-ethyl adjacent to an activating group) is 1. The van der Waals surface area contributed by atoms with E-state index in [-0.39, 0.29) is 28.7 Å². The Bertz CT molecular complexity index is 997. The molecule has 4 atom stereocenters. The Morgan fingerprint density at radius 3 is 2.34 bits per heavy atom. The van der Waals surface area contributed by atoms with Gasteiger partial charge < -0.3 is 15.5 Å². The third-order valence-corrected chi connectivity index (χ3v) is 12.0. The van der Waals surface area contributed by atoms with E-state index in [1.807, 2.05) is 0 Å². The van der Waals surface area contributed by atoms with Crippen molar-refractivity contribution in [1.29, 1.82) is 0 Å². The lowest BCUT2D eigenvalue weighted by atomic mass is 9.77. The normalized spacial score (nSPS) is 34.7. The average molecular weight is 591 g/mol. The minimum absolute atomic E-state index is 0.103. The minimum atomic E-state index is -0.632. The lowest BCUT2D eigenvalue weighted by Gasteiger charge is -2.38. The van der Waals surface area contributed by atoms with Crippen molar-refractivity contribution in [2.24, 2.45) is 23.2 Å². The van der Waals surface area contributed by atoms with E-state index in [2.05, 4.69) is 81.3 Å². The van der Waals surface area contributed by atoms with Crippen molar-refractivity contribution in [3.05, 3.63) is 35.4 Å². The van der Waals surface area contributed by atoms with Gasteiger partial charge in [0.1, 0.15) is 3.42 Å². The van der Waals surface area contributed by atoms with Crippen LogP contribution in [0, 0.1) is 30.1 Å². The van der Waals surface area contributed by atoms with Crippen molar-refractivity contribution in [2.45, 2.75) is 54.4 Å². The van der Waals surface area contributed by atoms with Gasteiger partial charge in [-0.05, 0) is 75.3 Å². The van der Waals surface area contributed by atoms with Crippen LogP contribution in [0.4, 0.5) is 0 Å². The summed E-state index contributed by atoms with van der Waals surface area (Å²) >= 11 is 2.42. The Morgan fingerprint density at radius 2 is 1.71 bits per heavy atom. The van der Waals surface area contributed by atoms with Gasteiger partial charge in [-0.1, -0.05) is 52.4 Å². The number of carbonyl (C=O) groups is 2. The van der Waals surface area contributed by atoms with Crippen LogP contribution in [-0.2, 0) is 15.1 Å². The van der Waals surface area contributed by atoms with Crippen LogP contribution in [0.15, 0.2) is 24.3 Å². The number of nitrogens with zero attached hydrogens (tertiary/aromatic N) is 2. The van der Waals surface area contributed by atoms with Gasteiger partial charge in [0.2, 0.25) is 11.8 Å². The summed E-state index contributed by atoms with van der Waals surface area (Å²) in [6, 6.07) is 8.59. The quantitative estimate of drug-likeness (QED) is 0.379. The van der Waals surface area contributed by atoms with Crippen molar-refractivity contribution in [3.8, 4) is 0 Å². The number of alkyl halides is 1. The molecule has 2 bridgehead atoms. The van der Waals surface area contributed by atoms with Crippen LogP contribution in [-0.4, -0.2) is 71.4 Å². The molecule has 2 amide bonds. The number of carbonyl (C=O) groups excluding carboxylic acids is 2. The third-order valence-electron chi connectivity index (χ3n) is 10.0. The van der Waals surface area contributed by atoms with Crippen LogP contribution in [0.25, 0.3) is 0 Å². The molecule has 1 aliphatic heterocycles. The van der Waals surface area contributed by atoms with Gasteiger partial charge in [-0.3, -0.25) is 14.5 Å². The molecule has 5 aliphatic rings. The lowest BCUT2D eigenvalue weighted by molar-refractivity contribution is -0.135. The maximum Gasteiger partial charge on any atom is 0.237 e. The number of hydrogen-bond acceptors (Lipinski definition) is 4. The van der Waals surface area contributed by atoms with Crippen LogP contribution in [0.5, 0.6) is 0 Å². The van der Waals surface area contributed by atoms with Crippen molar-refractivity contribution >= 4 is 34.4 Å². The maximum absolute atomic E-state index is 14.0. The van der Waals surface area contributed by atoms with Crippen LogP contribution in [0.2, 0.25) is 0 Å². The summed E-state index contributed by atoms with van der Waals surface area (Å²) < 4.78 is -0.632. The number of amides is 2. The van der Waals surface area contributed by atoms with Gasteiger partial charge in [-0.25, -0.2) is 0 Å². The monoisotopic (exact) mass is 590 g/mol. The largest absolute Gasteiger partial charge is 0.354 e. The summed E-state index contributed by atoms with van der Waals surface area (Å²) in [5.74, 6) is 0.670. The van der Waals surface area contributed by atoms with Crippen LogP contribution >= 0.6 is 22.6 Å². The molecule has 5 fully saturated rings.